The van der Waals surface area contributed by atoms with Crippen molar-refractivity contribution >= 4 is 17.5 Å². The fourth-order valence-corrected chi connectivity index (χ4v) is 3.16. The molecule has 1 aromatic heterocycles. The van der Waals surface area contributed by atoms with Gasteiger partial charge < -0.3 is 35.1 Å². The van der Waals surface area contributed by atoms with E-state index in [0.717, 1.165) is 0 Å². The quantitative estimate of drug-likeness (QED) is 0.551. The number of aliphatic hydroxyl groups is 2. The van der Waals surface area contributed by atoms with Gasteiger partial charge in [0.2, 0.25) is 5.91 Å². The molecule has 2 aliphatic heterocycles. The van der Waals surface area contributed by atoms with E-state index in [2.05, 4.69) is 25.1 Å². The SMILES string of the molecule is C[C@]1(C(=O)Nc2cccc(NC[C@@H](O)CO)n2)COc2cc3c(cc21)OC(F)(F)O3. The Morgan fingerprint density at radius 1 is 1.23 bits per heavy atom. The molecule has 2 aliphatic rings. The molecule has 0 saturated heterocycles. The molecule has 30 heavy (non-hydrogen) atoms. The summed E-state index contributed by atoms with van der Waals surface area (Å²) in [6.45, 7) is 1.30. The fraction of sp³-hybridized carbons (Fsp3) is 0.368. The summed E-state index contributed by atoms with van der Waals surface area (Å²) in [5.74, 6) is 0.106. The number of nitrogens with one attached hydrogen (secondary N) is 2. The maximum atomic E-state index is 13.3. The number of nitrogens with zero attached hydrogens (tertiary/aromatic N) is 1. The Hall–Kier alpha value is -3.18. The highest BCUT2D eigenvalue weighted by atomic mass is 19.3. The van der Waals surface area contributed by atoms with Gasteiger partial charge >= 0.3 is 6.29 Å². The van der Waals surface area contributed by atoms with Crippen LogP contribution in [0, 0.1) is 0 Å². The standard InChI is InChI=1S/C19H19F2N3O6/c1-18(9-28-12-6-14-13(5-11(12)18)29-19(20,21)30-14)17(27)24-16-4-2-3-15(23-16)22-7-10(26)8-25/h2-6,10,25-26H,7-9H2,1H3,(H2,22,23,24,27)/t10-,18+/m1/s1. The lowest BCUT2D eigenvalue weighted by Crippen LogP contribution is -2.39. The number of carbonyl (C=O) groups is 1. The van der Waals surface area contributed by atoms with Crippen molar-refractivity contribution in [2.24, 2.45) is 0 Å². The van der Waals surface area contributed by atoms with Crippen molar-refractivity contribution in [3.8, 4) is 17.2 Å². The molecular formula is C19H19F2N3O6. The van der Waals surface area contributed by atoms with Crippen molar-refractivity contribution in [1.29, 1.82) is 0 Å². The third-order valence-electron chi connectivity index (χ3n) is 4.84. The van der Waals surface area contributed by atoms with Crippen molar-refractivity contribution in [3.05, 3.63) is 35.9 Å². The van der Waals surface area contributed by atoms with Crippen LogP contribution < -0.4 is 24.8 Å². The van der Waals surface area contributed by atoms with Crippen LogP contribution in [0.3, 0.4) is 0 Å². The maximum absolute atomic E-state index is 13.3. The van der Waals surface area contributed by atoms with Gasteiger partial charge in [0.15, 0.2) is 11.5 Å². The van der Waals surface area contributed by atoms with Crippen LogP contribution in [0.4, 0.5) is 20.4 Å². The third-order valence-corrected chi connectivity index (χ3v) is 4.84. The second-order valence-corrected chi connectivity index (χ2v) is 7.16. The van der Waals surface area contributed by atoms with Gasteiger partial charge in [0.25, 0.3) is 0 Å². The van der Waals surface area contributed by atoms with Gasteiger partial charge in [-0.25, -0.2) is 4.98 Å². The number of carbonyl (C=O) groups excluding carboxylic acids is 1. The second-order valence-electron chi connectivity index (χ2n) is 7.16. The van der Waals surface area contributed by atoms with Crippen molar-refractivity contribution in [2.75, 3.05) is 30.4 Å². The summed E-state index contributed by atoms with van der Waals surface area (Å²) < 4.78 is 41.1. The molecule has 0 unspecified atom stereocenters. The minimum absolute atomic E-state index is 0.00587. The number of hydrogen-bond acceptors (Lipinski definition) is 8. The minimum Gasteiger partial charge on any atom is -0.492 e. The normalized spacial score (nSPS) is 21.5. The van der Waals surface area contributed by atoms with Gasteiger partial charge in [0, 0.05) is 18.2 Å². The zero-order valence-corrected chi connectivity index (χ0v) is 15.8. The lowest BCUT2D eigenvalue weighted by atomic mass is 9.83. The van der Waals surface area contributed by atoms with Crippen LogP contribution in [0.1, 0.15) is 12.5 Å². The number of halogens is 2. The van der Waals surface area contributed by atoms with Gasteiger partial charge in [-0.15, -0.1) is 8.78 Å². The Morgan fingerprint density at radius 3 is 2.67 bits per heavy atom. The minimum atomic E-state index is -3.77. The number of amides is 1. The molecule has 2 aromatic rings. The fourth-order valence-electron chi connectivity index (χ4n) is 3.16. The van der Waals surface area contributed by atoms with Crippen LogP contribution in [0.2, 0.25) is 0 Å². The van der Waals surface area contributed by atoms with E-state index >= 15 is 0 Å². The smallest absolute Gasteiger partial charge is 0.492 e. The molecule has 11 heteroatoms. The van der Waals surface area contributed by atoms with Crippen LogP contribution in [-0.2, 0) is 10.2 Å². The van der Waals surface area contributed by atoms with Crippen molar-refractivity contribution in [2.45, 2.75) is 24.7 Å². The zero-order valence-electron chi connectivity index (χ0n) is 15.8. The number of rotatable bonds is 6. The van der Waals surface area contributed by atoms with E-state index in [1.165, 1.54) is 12.1 Å². The molecule has 0 fully saturated rings. The number of aromatic nitrogens is 1. The summed E-state index contributed by atoms with van der Waals surface area (Å²) in [5, 5.41) is 23.8. The molecule has 0 radical (unpaired) electrons. The summed E-state index contributed by atoms with van der Waals surface area (Å²) in [6, 6.07) is 7.46. The van der Waals surface area contributed by atoms with E-state index in [9.17, 15) is 18.7 Å². The third kappa shape index (κ3) is 3.68. The van der Waals surface area contributed by atoms with E-state index in [0.29, 0.717) is 11.4 Å². The number of alkyl halides is 2. The van der Waals surface area contributed by atoms with Gasteiger partial charge in [0.1, 0.15) is 29.4 Å². The molecule has 3 heterocycles. The molecular weight excluding hydrogens is 404 g/mol. The topological polar surface area (TPSA) is 122 Å². The summed E-state index contributed by atoms with van der Waals surface area (Å²) in [5.41, 5.74) is -0.788. The van der Waals surface area contributed by atoms with Gasteiger partial charge in [-0.1, -0.05) is 6.07 Å². The number of pyridine rings is 1. The Bertz CT molecular complexity index is 989. The number of ether oxygens (including phenoxy) is 3. The van der Waals surface area contributed by atoms with E-state index in [1.54, 1.807) is 25.1 Å². The van der Waals surface area contributed by atoms with Gasteiger partial charge in [-0.3, -0.25) is 4.79 Å². The van der Waals surface area contributed by atoms with Crippen molar-refractivity contribution in [1.82, 2.24) is 4.98 Å². The lowest BCUT2D eigenvalue weighted by Gasteiger charge is -2.21. The van der Waals surface area contributed by atoms with Gasteiger partial charge in [-0.2, -0.15) is 0 Å². The largest absolute Gasteiger partial charge is 0.586 e. The number of benzene rings is 1. The molecule has 4 rings (SSSR count). The van der Waals surface area contributed by atoms with Crippen molar-refractivity contribution in [3.63, 3.8) is 0 Å². The average molecular weight is 423 g/mol. The van der Waals surface area contributed by atoms with Crippen LogP contribution in [0.5, 0.6) is 17.2 Å². The number of hydrogen-bond donors (Lipinski definition) is 4. The van der Waals surface area contributed by atoms with E-state index < -0.39 is 30.3 Å². The summed E-state index contributed by atoms with van der Waals surface area (Å²) >= 11 is 0. The number of anilines is 2. The maximum Gasteiger partial charge on any atom is 0.586 e. The van der Waals surface area contributed by atoms with Crippen LogP contribution in [0.15, 0.2) is 30.3 Å². The first kappa shape index (κ1) is 20.1. The number of fused-ring (bicyclic) bond motifs is 2. The molecule has 1 aromatic carbocycles. The van der Waals surface area contributed by atoms with Crippen LogP contribution in [0.25, 0.3) is 0 Å². The Morgan fingerprint density at radius 2 is 1.93 bits per heavy atom. The molecule has 9 nitrogen and oxygen atoms in total. The predicted octanol–water partition coefficient (Wildman–Crippen LogP) is 1.46. The molecule has 0 bridgehead atoms. The highest BCUT2D eigenvalue weighted by molar-refractivity contribution is 5.99. The molecule has 0 spiro atoms. The average Bonchev–Trinajstić information content (AvgIpc) is 3.19. The molecule has 160 valence electrons. The Kier molecular flexibility index (Phi) is 4.86. The highest BCUT2D eigenvalue weighted by Crippen LogP contribution is 2.49. The predicted molar refractivity (Wildman–Crippen MR) is 99.9 cm³/mol. The summed E-state index contributed by atoms with van der Waals surface area (Å²) in [6.07, 6.45) is -4.71. The van der Waals surface area contributed by atoms with Crippen LogP contribution in [-0.4, -0.2) is 53.3 Å². The lowest BCUT2D eigenvalue weighted by molar-refractivity contribution is -0.286. The summed E-state index contributed by atoms with van der Waals surface area (Å²) in [7, 11) is 0. The van der Waals surface area contributed by atoms with Crippen molar-refractivity contribution < 1.29 is 38.0 Å². The summed E-state index contributed by atoms with van der Waals surface area (Å²) in [4.78, 5) is 17.2. The molecule has 4 N–H and O–H groups in total. The monoisotopic (exact) mass is 423 g/mol. The van der Waals surface area contributed by atoms with E-state index in [4.69, 9.17) is 9.84 Å². The van der Waals surface area contributed by atoms with E-state index in [-0.39, 0.29) is 36.2 Å². The molecule has 2 atom stereocenters. The Balaban J connectivity index is 1.52. The van der Waals surface area contributed by atoms with Gasteiger partial charge in [0.05, 0.1) is 12.7 Å². The zero-order chi connectivity index (χ0) is 21.5. The second kappa shape index (κ2) is 7.26. The van der Waals surface area contributed by atoms with Crippen LogP contribution >= 0.6 is 0 Å². The first-order valence-corrected chi connectivity index (χ1v) is 9.09. The first-order valence-electron chi connectivity index (χ1n) is 9.09. The molecule has 1 amide bonds. The molecule has 0 aliphatic carbocycles. The van der Waals surface area contributed by atoms with E-state index in [1.807, 2.05) is 0 Å². The van der Waals surface area contributed by atoms with Gasteiger partial charge in [-0.05, 0) is 25.1 Å². The number of aliphatic hydroxyl groups excluding tert-OH is 2. The highest BCUT2D eigenvalue weighted by Gasteiger charge is 2.48. The Labute approximate surface area is 169 Å². The first-order chi connectivity index (χ1) is 14.2. The molecule has 0 saturated carbocycles.